The Hall–Kier alpha value is -2.67. The highest BCUT2D eigenvalue weighted by molar-refractivity contribution is 5.33. The summed E-state index contributed by atoms with van der Waals surface area (Å²) in [6.07, 6.45) is 5.84. The van der Waals surface area contributed by atoms with Crippen LogP contribution in [0.1, 0.15) is 37.3 Å². The van der Waals surface area contributed by atoms with Crippen molar-refractivity contribution >= 4 is 0 Å². The predicted molar refractivity (Wildman–Crippen MR) is 99.7 cm³/mol. The van der Waals surface area contributed by atoms with Gasteiger partial charge in [0.1, 0.15) is 18.2 Å². The topological polar surface area (TPSA) is 69.7 Å². The van der Waals surface area contributed by atoms with Gasteiger partial charge >= 0.3 is 5.69 Å². The minimum Gasteiger partial charge on any atom is -0.334 e. The first-order valence-corrected chi connectivity index (χ1v) is 9.24. The first-order chi connectivity index (χ1) is 12.8. The molecule has 0 spiro atoms. The SMILES string of the molecule is CCn1ccnc1Cn1nc([C@H]2CCCNC2)n(-c2ccccc2)c1=O. The van der Waals surface area contributed by atoms with E-state index in [2.05, 4.69) is 17.2 Å². The van der Waals surface area contributed by atoms with Crippen molar-refractivity contribution in [2.24, 2.45) is 0 Å². The maximum absolute atomic E-state index is 13.2. The monoisotopic (exact) mass is 352 g/mol. The summed E-state index contributed by atoms with van der Waals surface area (Å²) in [5, 5.41) is 8.16. The molecular formula is C19H24N6O. The van der Waals surface area contributed by atoms with Gasteiger partial charge < -0.3 is 9.88 Å². The fourth-order valence-corrected chi connectivity index (χ4v) is 3.60. The van der Waals surface area contributed by atoms with Gasteiger partial charge in [0.05, 0.1) is 5.69 Å². The summed E-state index contributed by atoms with van der Waals surface area (Å²) < 4.78 is 5.35. The van der Waals surface area contributed by atoms with E-state index in [1.807, 2.05) is 41.1 Å². The number of rotatable bonds is 5. The van der Waals surface area contributed by atoms with E-state index in [1.165, 1.54) is 0 Å². The molecule has 0 unspecified atom stereocenters. The lowest BCUT2D eigenvalue weighted by Gasteiger charge is -2.22. The van der Waals surface area contributed by atoms with Gasteiger partial charge in [0.25, 0.3) is 0 Å². The Bertz CT molecular complexity index is 917. The van der Waals surface area contributed by atoms with E-state index in [0.29, 0.717) is 6.54 Å². The number of para-hydroxylation sites is 1. The number of nitrogens with one attached hydrogen (secondary N) is 1. The van der Waals surface area contributed by atoms with Gasteiger partial charge in [-0.2, -0.15) is 5.10 Å². The zero-order valence-corrected chi connectivity index (χ0v) is 15.0. The summed E-state index contributed by atoms with van der Waals surface area (Å²) in [7, 11) is 0. The number of hydrogen-bond acceptors (Lipinski definition) is 4. The highest BCUT2D eigenvalue weighted by atomic mass is 16.2. The van der Waals surface area contributed by atoms with Crippen LogP contribution < -0.4 is 11.0 Å². The van der Waals surface area contributed by atoms with Gasteiger partial charge in [-0.25, -0.2) is 19.0 Å². The number of nitrogens with zero attached hydrogens (tertiary/aromatic N) is 5. The third-order valence-corrected chi connectivity index (χ3v) is 4.97. The molecule has 3 aromatic rings. The molecule has 2 aromatic heterocycles. The van der Waals surface area contributed by atoms with Crippen molar-refractivity contribution in [1.29, 1.82) is 0 Å². The van der Waals surface area contributed by atoms with Crippen LogP contribution in [0.15, 0.2) is 47.5 Å². The molecule has 1 atom stereocenters. The molecule has 1 saturated heterocycles. The van der Waals surface area contributed by atoms with Crippen LogP contribution in [-0.2, 0) is 13.1 Å². The second-order valence-corrected chi connectivity index (χ2v) is 6.64. The van der Waals surface area contributed by atoms with E-state index >= 15 is 0 Å². The molecule has 7 nitrogen and oxygen atoms in total. The van der Waals surface area contributed by atoms with E-state index in [0.717, 1.165) is 49.8 Å². The summed E-state index contributed by atoms with van der Waals surface area (Å²) in [5.74, 6) is 1.92. The minimum absolute atomic E-state index is 0.109. The van der Waals surface area contributed by atoms with E-state index in [4.69, 9.17) is 5.10 Å². The van der Waals surface area contributed by atoms with Crippen molar-refractivity contribution in [2.45, 2.75) is 38.8 Å². The summed E-state index contributed by atoms with van der Waals surface area (Å²) in [5.41, 5.74) is 0.755. The fourth-order valence-electron chi connectivity index (χ4n) is 3.60. The summed E-state index contributed by atoms with van der Waals surface area (Å²) in [6, 6.07) is 9.77. The van der Waals surface area contributed by atoms with Crippen molar-refractivity contribution in [1.82, 2.24) is 29.2 Å². The highest BCUT2D eigenvalue weighted by Gasteiger charge is 2.25. The molecule has 1 N–H and O–H groups in total. The van der Waals surface area contributed by atoms with Crippen molar-refractivity contribution in [3.05, 3.63) is 64.9 Å². The van der Waals surface area contributed by atoms with E-state index < -0.39 is 0 Å². The number of aromatic nitrogens is 5. The van der Waals surface area contributed by atoms with Gasteiger partial charge in [-0.15, -0.1) is 0 Å². The average Bonchev–Trinajstić information content (AvgIpc) is 3.28. The number of imidazole rings is 1. The van der Waals surface area contributed by atoms with Gasteiger partial charge in [0.2, 0.25) is 0 Å². The Morgan fingerprint density at radius 1 is 1.27 bits per heavy atom. The van der Waals surface area contributed by atoms with E-state index in [1.54, 1.807) is 15.4 Å². The molecule has 3 heterocycles. The zero-order valence-electron chi connectivity index (χ0n) is 15.0. The van der Waals surface area contributed by atoms with Crippen LogP contribution in [0.4, 0.5) is 0 Å². The predicted octanol–water partition coefficient (Wildman–Crippen LogP) is 1.77. The molecule has 0 radical (unpaired) electrons. The van der Waals surface area contributed by atoms with E-state index in [-0.39, 0.29) is 11.6 Å². The van der Waals surface area contributed by atoms with Gasteiger partial charge in [0, 0.05) is 31.4 Å². The molecule has 1 fully saturated rings. The normalized spacial score (nSPS) is 17.5. The third kappa shape index (κ3) is 3.10. The molecule has 0 amide bonds. The molecule has 0 saturated carbocycles. The first-order valence-electron chi connectivity index (χ1n) is 9.24. The van der Waals surface area contributed by atoms with Gasteiger partial charge in [-0.1, -0.05) is 18.2 Å². The van der Waals surface area contributed by atoms with Gasteiger partial charge in [0.15, 0.2) is 0 Å². The number of piperidine rings is 1. The number of aryl methyl sites for hydroxylation is 1. The lowest BCUT2D eigenvalue weighted by Crippen LogP contribution is -2.31. The van der Waals surface area contributed by atoms with Crippen LogP contribution in [-0.4, -0.2) is 37.0 Å². The van der Waals surface area contributed by atoms with Crippen LogP contribution >= 0.6 is 0 Å². The van der Waals surface area contributed by atoms with Crippen molar-refractivity contribution in [3.63, 3.8) is 0 Å². The molecule has 1 aliphatic heterocycles. The third-order valence-electron chi connectivity index (χ3n) is 4.97. The Labute approximate surface area is 152 Å². The second kappa shape index (κ2) is 7.29. The van der Waals surface area contributed by atoms with E-state index in [9.17, 15) is 4.79 Å². The van der Waals surface area contributed by atoms with Gasteiger partial charge in [-0.3, -0.25) is 0 Å². The van der Waals surface area contributed by atoms with Gasteiger partial charge in [-0.05, 0) is 38.4 Å². The number of benzene rings is 1. The molecule has 1 aliphatic rings. The molecule has 1 aromatic carbocycles. The fraction of sp³-hybridized carbons (Fsp3) is 0.421. The molecule has 0 aliphatic carbocycles. The Balaban J connectivity index is 1.78. The first kappa shape index (κ1) is 16.8. The van der Waals surface area contributed by atoms with Crippen LogP contribution in [0.25, 0.3) is 5.69 Å². The smallest absolute Gasteiger partial charge is 0.334 e. The minimum atomic E-state index is -0.109. The molecule has 136 valence electrons. The van der Waals surface area contributed by atoms with Crippen molar-refractivity contribution in [3.8, 4) is 5.69 Å². The standard InChI is InChI=1S/C19H24N6O/c1-2-23-12-11-21-17(23)14-24-19(26)25(16-8-4-3-5-9-16)18(22-24)15-7-6-10-20-13-15/h3-5,8-9,11-12,15,20H,2,6-7,10,13-14H2,1H3/t15-/m0/s1. The number of hydrogen-bond donors (Lipinski definition) is 1. The van der Waals surface area contributed by atoms with Crippen molar-refractivity contribution in [2.75, 3.05) is 13.1 Å². The average molecular weight is 352 g/mol. The maximum atomic E-state index is 13.2. The summed E-state index contributed by atoms with van der Waals surface area (Å²) >= 11 is 0. The van der Waals surface area contributed by atoms with Crippen molar-refractivity contribution < 1.29 is 0 Å². The molecular weight excluding hydrogens is 328 g/mol. The second-order valence-electron chi connectivity index (χ2n) is 6.64. The molecule has 0 bridgehead atoms. The lowest BCUT2D eigenvalue weighted by atomic mass is 9.99. The van der Waals surface area contributed by atoms with Crippen LogP contribution in [0.5, 0.6) is 0 Å². The Morgan fingerprint density at radius 2 is 2.12 bits per heavy atom. The largest absolute Gasteiger partial charge is 0.351 e. The highest BCUT2D eigenvalue weighted by Crippen LogP contribution is 2.23. The molecule has 4 rings (SSSR count). The van der Waals surface area contributed by atoms with Crippen LogP contribution in [0, 0.1) is 0 Å². The molecule has 7 heteroatoms. The Morgan fingerprint density at radius 3 is 2.85 bits per heavy atom. The maximum Gasteiger partial charge on any atom is 0.351 e. The van der Waals surface area contributed by atoms with Crippen LogP contribution in [0.2, 0.25) is 0 Å². The quantitative estimate of drug-likeness (QED) is 0.760. The molecule has 26 heavy (non-hydrogen) atoms. The lowest BCUT2D eigenvalue weighted by molar-refractivity contribution is 0.439. The Kier molecular flexibility index (Phi) is 4.71. The summed E-state index contributed by atoms with van der Waals surface area (Å²) in [4.78, 5) is 17.6. The van der Waals surface area contributed by atoms with Crippen LogP contribution in [0.3, 0.4) is 0 Å². The zero-order chi connectivity index (χ0) is 17.9. The summed E-state index contributed by atoms with van der Waals surface area (Å²) in [6.45, 7) is 5.15.